The van der Waals surface area contributed by atoms with Crippen LogP contribution in [-0.4, -0.2) is 13.8 Å². The first-order valence-corrected chi connectivity index (χ1v) is 6.00. The smallest absolute Gasteiger partial charge is 0.173 e. The van der Waals surface area contributed by atoms with Crippen LogP contribution in [0.4, 0.5) is 0 Å². The van der Waals surface area contributed by atoms with Gasteiger partial charge in [-0.05, 0) is 18.2 Å². The Hall–Kier alpha value is -0.603. The molecular formula is C8H12OSi. The Balaban J connectivity index is 2.59. The summed E-state index contributed by atoms with van der Waals surface area (Å²) in [7, 11) is -1.40. The van der Waals surface area contributed by atoms with Crippen LogP contribution in [0.3, 0.4) is 0 Å². The molecule has 0 heterocycles. The van der Waals surface area contributed by atoms with Gasteiger partial charge in [-0.3, -0.25) is 0 Å². The molecule has 0 aromatic heterocycles. The zero-order valence-electron chi connectivity index (χ0n) is 6.12. The van der Waals surface area contributed by atoms with Crippen LogP contribution < -0.4 is 0 Å². The van der Waals surface area contributed by atoms with Gasteiger partial charge in [-0.1, -0.05) is 30.3 Å². The summed E-state index contributed by atoms with van der Waals surface area (Å²) in [5, 5.41) is 0. The van der Waals surface area contributed by atoms with E-state index in [9.17, 15) is 0 Å². The molecule has 0 aliphatic rings. The van der Waals surface area contributed by atoms with E-state index in [-0.39, 0.29) is 0 Å². The van der Waals surface area contributed by atoms with Gasteiger partial charge in [-0.2, -0.15) is 0 Å². The fourth-order valence-electron chi connectivity index (χ4n) is 0.955. The van der Waals surface area contributed by atoms with Gasteiger partial charge >= 0.3 is 0 Å². The summed E-state index contributed by atoms with van der Waals surface area (Å²) in [6, 6.07) is 11.0. The van der Waals surface area contributed by atoms with E-state index in [0.717, 1.165) is 6.04 Å². The molecule has 1 rings (SSSR count). The third-order valence-electron chi connectivity index (χ3n) is 1.37. The number of hydrogen-bond donors (Lipinski definition) is 1. The largest absolute Gasteiger partial charge is 0.435 e. The molecule has 54 valence electrons. The number of hydrogen-bond acceptors (Lipinski definition) is 1. The summed E-state index contributed by atoms with van der Waals surface area (Å²) in [6.07, 6.45) is 0. The lowest BCUT2D eigenvalue weighted by Crippen LogP contribution is -2.09. The van der Waals surface area contributed by atoms with E-state index in [2.05, 4.69) is 12.1 Å². The maximum absolute atomic E-state index is 9.14. The molecule has 1 nitrogen and oxygen atoms in total. The van der Waals surface area contributed by atoms with Crippen LogP contribution in [-0.2, 0) is 6.04 Å². The van der Waals surface area contributed by atoms with Crippen molar-refractivity contribution in [3.63, 3.8) is 0 Å². The zero-order valence-corrected chi connectivity index (χ0v) is 7.27. The molecule has 1 unspecified atom stereocenters. The molecule has 1 N–H and O–H groups in total. The average Bonchev–Trinajstić information content (AvgIpc) is 1.88. The Morgan fingerprint density at radius 1 is 1.30 bits per heavy atom. The van der Waals surface area contributed by atoms with Gasteiger partial charge in [-0.25, -0.2) is 0 Å². The Labute approximate surface area is 63.1 Å². The Morgan fingerprint density at radius 2 is 1.90 bits per heavy atom. The quantitative estimate of drug-likeness (QED) is 0.629. The van der Waals surface area contributed by atoms with Crippen molar-refractivity contribution < 1.29 is 4.80 Å². The highest BCUT2D eigenvalue weighted by Gasteiger charge is 1.98. The molecular weight excluding hydrogens is 140 g/mol. The minimum atomic E-state index is -1.40. The molecule has 0 radical (unpaired) electrons. The van der Waals surface area contributed by atoms with Crippen LogP contribution >= 0.6 is 0 Å². The van der Waals surface area contributed by atoms with Crippen LogP contribution in [0.2, 0.25) is 6.55 Å². The lowest BCUT2D eigenvalue weighted by Gasteiger charge is -2.00. The molecule has 1 aromatic carbocycles. The maximum Gasteiger partial charge on any atom is 0.173 e. The van der Waals surface area contributed by atoms with Gasteiger partial charge in [0, 0.05) is 0 Å². The fraction of sp³-hybridized carbons (Fsp3) is 0.250. The highest BCUT2D eigenvalue weighted by atomic mass is 28.3. The molecule has 0 bridgehead atoms. The van der Waals surface area contributed by atoms with Crippen LogP contribution in [0, 0.1) is 0 Å². The number of benzene rings is 1. The first-order valence-electron chi connectivity index (χ1n) is 3.51. The molecule has 0 spiro atoms. The highest BCUT2D eigenvalue weighted by Crippen LogP contribution is 1.99. The normalized spacial score (nSPS) is 13.0. The molecule has 2 heteroatoms. The maximum atomic E-state index is 9.14. The second-order valence-electron chi connectivity index (χ2n) is 2.54. The van der Waals surface area contributed by atoms with E-state index in [0.29, 0.717) is 0 Å². The average molecular weight is 152 g/mol. The van der Waals surface area contributed by atoms with E-state index >= 15 is 0 Å². The zero-order chi connectivity index (χ0) is 7.40. The van der Waals surface area contributed by atoms with Crippen LogP contribution in [0.1, 0.15) is 5.56 Å². The molecule has 10 heavy (non-hydrogen) atoms. The molecule has 0 aliphatic heterocycles. The Morgan fingerprint density at radius 3 is 2.40 bits per heavy atom. The standard InChI is InChI=1S/C8H12OSi/c1-10(9)7-8-5-3-2-4-6-8/h2-6,9-10H,7H2,1H3. The van der Waals surface area contributed by atoms with Crippen molar-refractivity contribution in [3.05, 3.63) is 35.9 Å². The Bertz CT molecular complexity index is 184. The highest BCUT2D eigenvalue weighted by molar-refractivity contribution is 6.48. The molecule has 0 fully saturated rings. The summed E-state index contributed by atoms with van der Waals surface area (Å²) in [5.41, 5.74) is 1.25. The van der Waals surface area contributed by atoms with Gasteiger partial charge in [0.05, 0.1) is 0 Å². The van der Waals surface area contributed by atoms with Gasteiger partial charge in [0.1, 0.15) is 0 Å². The summed E-state index contributed by atoms with van der Waals surface area (Å²) in [4.78, 5) is 9.14. The van der Waals surface area contributed by atoms with Crippen molar-refractivity contribution in [2.45, 2.75) is 12.6 Å². The molecule has 0 aliphatic carbocycles. The number of rotatable bonds is 2. The molecule has 1 atom stereocenters. The van der Waals surface area contributed by atoms with Crippen molar-refractivity contribution in [1.82, 2.24) is 0 Å². The third-order valence-corrected chi connectivity index (χ3v) is 2.44. The second-order valence-corrected chi connectivity index (χ2v) is 4.65. The summed E-state index contributed by atoms with van der Waals surface area (Å²) in [6.45, 7) is 1.94. The van der Waals surface area contributed by atoms with Crippen molar-refractivity contribution in [3.8, 4) is 0 Å². The van der Waals surface area contributed by atoms with Crippen molar-refractivity contribution in [2.75, 3.05) is 0 Å². The van der Waals surface area contributed by atoms with Crippen LogP contribution in [0.25, 0.3) is 0 Å². The monoisotopic (exact) mass is 152 g/mol. The third kappa shape index (κ3) is 2.33. The van der Waals surface area contributed by atoms with Crippen LogP contribution in [0.5, 0.6) is 0 Å². The van der Waals surface area contributed by atoms with E-state index in [1.54, 1.807) is 0 Å². The Kier molecular flexibility index (Phi) is 2.65. The van der Waals surface area contributed by atoms with Crippen molar-refractivity contribution >= 4 is 9.04 Å². The second kappa shape index (κ2) is 3.54. The fourth-order valence-corrected chi connectivity index (χ4v) is 1.91. The van der Waals surface area contributed by atoms with Gasteiger partial charge < -0.3 is 4.80 Å². The predicted octanol–water partition coefficient (Wildman–Crippen LogP) is 1.11. The van der Waals surface area contributed by atoms with Crippen molar-refractivity contribution in [1.29, 1.82) is 0 Å². The molecule has 1 aromatic rings. The summed E-state index contributed by atoms with van der Waals surface area (Å²) in [5.74, 6) is 0. The van der Waals surface area contributed by atoms with Gasteiger partial charge in [0.25, 0.3) is 0 Å². The van der Waals surface area contributed by atoms with Crippen molar-refractivity contribution in [2.24, 2.45) is 0 Å². The first kappa shape index (κ1) is 7.50. The molecule has 0 amide bonds. The van der Waals surface area contributed by atoms with Gasteiger partial charge in [0.2, 0.25) is 0 Å². The summed E-state index contributed by atoms with van der Waals surface area (Å²) >= 11 is 0. The van der Waals surface area contributed by atoms with E-state index in [4.69, 9.17) is 4.80 Å². The van der Waals surface area contributed by atoms with E-state index < -0.39 is 9.04 Å². The lowest BCUT2D eigenvalue weighted by molar-refractivity contribution is 0.577. The van der Waals surface area contributed by atoms with E-state index in [1.165, 1.54) is 5.56 Å². The SMILES string of the molecule is C[SiH](O)Cc1ccccc1. The lowest BCUT2D eigenvalue weighted by atomic mass is 10.2. The van der Waals surface area contributed by atoms with E-state index in [1.807, 2.05) is 24.7 Å². The first-order chi connectivity index (χ1) is 4.79. The van der Waals surface area contributed by atoms with Gasteiger partial charge in [-0.15, -0.1) is 0 Å². The molecule has 0 saturated carbocycles. The minimum Gasteiger partial charge on any atom is -0.435 e. The topological polar surface area (TPSA) is 20.2 Å². The van der Waals surface area contributed by atoms with Crippen LogP contribution in [0.15, 0.2) is 30.3 Å². The minimum absolute atomic E-state index is 0.890. The molecule has 0 saturated heterocycles. The summed E-state index contributed by atoms with van der Waals surface area (Å²) < 4.78 is 0. The van der Waals surface area contributed by atoms with Gasteiger partial charge in [0.15, 0.2) is 9.04 Å². The predicted molar refractivity (Wildman–Crippen MR) is 45.4 cm³/mol.